The van der Waals surface area contributed by atoms with Crippen LogP contribution in [-0.4, -0.2) is 88.2 Å². The second kappa shape index (κ2) is 12.2. The number of anilines is 2. The van der Waals surface area contributed by atoms with Crippen molar-refractivity contribution in [2.45, 2.75) is 33.3 Å². The van der Waals surface area contributed by atoms with E-state index in [1.807, 2.05) is 30.9 Å². The summed E-state index contributed by atoms with van der Waals surface area (Å²) in [4.78, 5) is 33.0. The van der Waals surface area contributed by atoms with Crippen molar-refractivity contribution in [1.82, 2.24) is 29.7 Å². The van der Waals surface area contributed by atoms with Crippen LogP contribution in [0.5, 0.6) is 17.4 Å². The van der Waals surface area contributed by atoms with E-state index >= 15 is 0 Å². The Morgan fingerprint density at radius 2 is 1.92 bits per heavy atom. The predicted molar refractivity (Wildman–Crippen MR) is 141 cm³/mol. The molecule has 198 valence electrons. The number of piperazine rings is 1. The van der Waals surface area contributed by atoms with Gasteiger partial charge < -0.3 is 24.4 Å². The molecule has 0 radical (unpaired) electrons. The second-order valence-corrected chi connectivity index (χ2v) is 9.29. The molecule has 0 atom stereocenters. The topological polar surface area (TPSA) is 115 Å². The lowest BCUT2D eigenvalue weighted by molar-refractivity contribution is -0.130. The molecule has 0 unspecified atom stereocenters. The second-order valence-electron chi connectivity index (χ2n) is 8.93. The van der Waals surface area contributed by atoms with Gasteiger partial charge in [0.05, 0.1) is 36.9 Å². The molecule has 1 aromatic carbocycles. The van der Waals surface area contributed by atoms with E-state index < -0.39 is 0 Å². The number of halogens is 1. The zero-order valence-corrected chi connectivity index (χ0v) is 22.3. The number of benzene rings is 1. The smallest absolute Gasteiger partial charge is 0.234 e. The third-order valence-corrected chi connectivity index (χ3v) is 6.17. The lowest BCUT2D eigenvalue weighted by Gasteiger charge is -2.34. The number of carbonyl (C=O) groups excluding carboxylic acids is 1. The van der Waals surface area contributed by atoms with Gasteiger partial charge in [-0.25, -0.2) is 15.0 Å². The molecule has 0 saturated carbocycles. The Morgan fingerprint density at radius 1 is 1.14 bits per heavy atom. The lowest BCUT2D eigenvalue weighted by atomic mass is 10.2. The first-order valence-electron chi connectivity index (χ1n) is 12.2. The fraction of sp³-hybridized carbons (Fsp3) is 0.480. The molecule has 11 nitrogen and oxygen atoms in total. The van der Waals surface area contributed by atoms with E-state index in [1.165, 1.54) is 19.6 Å². The van der Waals surface area contributed by atoms with Gasteiger partial charge in [0.15, 0.2) is 11.0 Å². The van der Waals surface area contributed by atoms with Crippen LogP contribution in [-0.2, 0) is 4.79 Å². The number of hydrogen-bond donors (Lipinski definition) is 1. The Labute approximate surface area is 221 Å². The molecule has 2 aromatic heterocycles. The highest BCUT2D eigenvalue weighted by atomic mass is 35.5. The van der Waals surface area contributed by atoms with Crippen LogP contribution in [0.4, 0.5) is 11.6 Å². The predicted octanol–water partition coefficient (Wildman–Crippen LogP) is 3.55. The monoisotopic (exact) mass is 529 g/mol. The molecular formula is C25H32ClN7O4. The number of nitrogens with one attached hydrogen (secondary N) is 1. The van der Waals surface area contributed by atoms with E-state index in [2.05, 4.69) is 30.2 Å². The fourth-order valence-corrected chi connectivity index (χ4v) is 4.21. The van der Waals surface area contributed by atoms with Crippen molar-refractivity contribution < 1.29 is 19.0 Å². The fourth-order valence-electron chi connectivity index (χ4n) is 4.07. The molecule has 1 fully saturated rings. The number of fused-ring (bicyclic) bond motifs is 1. The van der Waals surface area contributed by atoms with Crippen molar-refractivity contribution in [3.8, 4) is 17.4 Å². The highest BCUT2D eigenvalue weighted by molar-refractivity contribution is 6.31. The van der Waals surface area contributed by atoms with Crippen LogP contribution < -0.4 is 19.5 Å². The third kappa shape index (κ3) is 6.86. The van der Waals surface area contributed by atoms with Gasteiger partial charge >= 0.3 is 0 Å². The number of hydrogen-bond acceptors (Lipinski definition) is 10. The molecule has 1 amide bonds. The van der Waals surface area contributed by atoms with E-state index in [-0.39, 0.29) is 17.2 Å². The highest BCUT2D eigenvalue weighted by Gasteiger charge is 2.19. The Morgan fingerprint density at radius 3 is 2.62 bits per heavy atom. The maximum Gasteiger partial charge on any atom is 0.234 e. The number of aromatic nitrogens is 4. The first-order chi connectivity index (χ1) is 17.8. The van der Waals surface area contributed by atoms with E-state index in [4.69, 9.17) is 25.8 Å². The van der Waals surface area contributed by atoms with Crippen LogP contribution in [0.1, 0.15) is 27.2 Å². The molecule has 3 aromatic rings. The molecule has 1 aliphatic heterocycles. The van der Waals surface area contributed by atoms with Gasteiger partial charge in [-0.3, -0.25) is 9.69 Å². The summed E-state index contributed by atoms with van der Waals surface area (Å²) in [5.41, 5.74) is 0.651. The molecule has 1 N–H and O–H groups in total. The van der Waals surface area contributed by atoms with E-state index in [9.17, 15) is 4.79 Å². The van der Waals surface area contributed by atoms with Gasteiger partial charge in [0, 0.05) is 51.8 Å². The van der Waals surface area contributed by atoms with E-state index in [0.29, 0.717) is 46.5 Å². The largest absolute Gasteiger partial charge is 0.493 e. The summed E-state index contributed by atoms with van der Waals surface area (Å²) in [6.07, 6.45) is 3.67. The van der Waals surface area contributed by atoms with Crippen LogP contribution >= 0.6 is 11.6 Å². The van der Waals surface area contributed by atoms with Crippen molar-refractivity contribution in [3.05, 3.63) is 29.8 Å². The van der Waals surface area contributed by atoms with Gasteiger partial charge in [-0.2, -0.15) is 4.98 Å². The van der Waals surface area contributed by atoms with Crippen molar-refractivity contribution >= 4 is 40.0 Å². The summed E-state index contributed by atoms with van der Waals surface area (Å²) in [7, 11) is 1.51. The zero-order chi connectivity index (χ0) is 26.4. The van der Waals surface area contributed by atoms with E-state index in [0.717, 1.165) is 39.1 Å². The Bertz CT molecular complexity index is 1240. The zero-order valence-electron chi connectivity index (χ0n) is 21.5. The normalized spacial score (nSPS) is 14.2. The molecule has 0 aliphatic carbocycles. The summed E-state index contributed by atoms with van der Waals surface area (Å²) in [5.74, 6) is 2.48. The first kappa shape index (κ1) is 26.6. The standard InChI is InChI=1S/C25H32ClN7O4/c1-16(2)37-20-13-18(36-11-5-6-32-7-9-33(10-8-32)17(3)34)12-19-22(20)24(29-15-28-19)31-25-23(26)27-14-21(30-25)35-4/h12-16H,5-11H2,1-4H3,(H,28,29,30,31). The van der Waals surface area contributed by atoms with Gasteiger partial charge in [-0.1, -0.05) is 11.6 Å². The van der Waals surface area contributed by atoms with Crippen molar-refractivity contribution in [3.63, 3.8) is 0 Å². The molecule has 4 rings (SSSR count). The van der Waals surface area contributed by atoms with Crippen LogP contribution in [0.15, 0.2) is 24.7 Å². The quantitative estimate of drug-likeness (QED) is 0.391. The van der Waals surface area contributed by atoms with Gasteiger partial charge in [-0.15, -0.1) is 0 Å². The maximum absolute atomic E-state index is 11.5. The van der Waals surface area contributed by atoms with Crippen LogP contribution in [0, 0.1) is 0 Å². The number of ether oxygens (including phenoxy) is 3. The molecule has 1 aliphatic rings. The van der Waals surface area contributed by atoms with Gasteiger partial charge in [0.1, 0.15) is 23.6 Å². The van der Waals surface area contributed by atoms with E-state index in [1.54, 1.807) is 6.92 Å². The summed E-state index contributed by atoms with van der Waals surface area (Å²) < 4.78 is 17.4. The Balaban J connectivity index is 1.48. The average molecular weight is 530 g/mol. The third-order valence-electron chi connectivity index (χ3n) is 5.89. The number of carbonyl (C=O) groups is 1. The van der Waals surface area contributed by atoms with Crippen LogP contribution in [0.2, 0.25) is 5.15 Å². The number of amides is 1. The lowest BCUT2D eigenvalue weighted by Crippen LogP contribution is -2.48. The minimum absolute atomic E-state index is 0.0830. The Kier molecular flexibility index (Phi) is 8.78. The molecular weight excluding hydrogens is 498 g/mol. The minimum atomic E-state index is -0.0830. The molecule has 37 heavy (non-hydrogen) atoms. The van der Waals surface area contributed by atoms with Crippen molar-refractivity contribution in [1.29, 1.82) is 0 Å². The SMILES string of the molecule is COc1cnc(Cl)c(Nc2ncnc3cc(OCCCN4CCN(C(C)=O)CC4)cc(OC(C)C)c23)n1. The minimum Gasteiger partial charge on any atom is -0.493 e. The molecule has 12 heteroatoms. The van der Waals surface area contributed by atoms with Gasteiger partial charge in [0.25, 0.3) is 0 Å². The Hall–Kier alpha value is -3.44. The number of nitrogens with zero attached hydrogens (tertiary/aromatic N) is 6. The van der Waals surface area contributed by atoms with Gasteiger partial charge in [0.2, 0.25) is 11.8 Å². The molecule has 0 bridgehead atoms. The maximum atomic E-state index is 11.5. The van der Waals surface area contributed by atoms with Crippen molar-refractivity contribution in [2.24, 2.45) is 0 Å². The van der Waals surface area contributed by atoms with Gasteiger partial charge in [-0.05, 0) is 20.3 Å². The van der Waals surface area contributed by atoms with Crippen molar-refractivity contribution in [2.75, 3.05) is 51.8 Å². The highest BCUT2D eigenvalue weighted by Crippen LogP contribution is 2.36. The number of rotatable bonds is 10. The molecule has 3 heterocycles. The first-order valence-corrected chi connectivity index (χ1v) is 12.6. The van der Waals surface area contributed by atoms with Crippen LogP contribution in [0.25, 0.3) is 10.9 Å². The van der Waals surface area contributed by atoms with Crippen LogP contribution in [0.3, 0.4) is 0 Å². The summed E-state index contributed by atoms with van der Waals surface area (Å²) in [6.45, 7) is 10.3. The average Bonchev–Trinajstić information content (AvgIpc) is 2.88. The summed E-state index contributed by atoms with van der Waals surface area (Å²) >= 11 is 6.24. The molecule has 1 saturated heterocycles. The summed E-state index contributed by atoms with van der Waals surface area (Å²) in [6, 6.07) is 3.71. The number of methoxy groups -OCH3 is 1. The summed E-state index contributed by atoms with van der Waals surface area (Å²) in [5, 5.41) is 3.99. The molecule has 0 spiro atoms.